The first-order valence-electron chi connectivity index (χ1n) is 8.64. The number of hydrogen-bond donors (Lipinski definition) is 1. The maximum absolute atomic E-state index is 12.2. The number of carbonyl (C=O) groups excluding carboxylic acids is 2. The topological polar surface area (TPSA) is 49.4 Å². The number of anilines is 1. The molecule has 0 bridgehead atoms. The van der Waals surface area contributed by atoms with Gasteiger partial charge in [0, 0.05) is 36.8 Å². The average molecular weight is 338 g/mol. The van der Waals surface area contributed by atoms with E-state index in [1.807, 2.05) is 18.2 Å². The number of carbonyl (C=O) groups is 2. The SMILES string of the molecule is CC(=O)c1ccc(NC(=O)CCN(Cc2ccccc2)C(C)C)cc1. The van der Waals surface area contributed by atoms with Crippen LogP contribution in [0.1, 0.15) is 43.1 Å². The van der Waals surface area contributed by atoms with Gasteiger partial charge >= 0.3 is 0 Å². The first kappa shape index (κ1) is 18.9. The first-order valence-corrected chi connectivity index (χ1v) is 8.64. The van der Waals surface area contributed by atoms with Crippen LogP contribution in [0.2, 0.25) is 0 Å². The standard InChI is InChI=1S/C21H26N2O2/c1-16(2)23(15-18-7-5-4-6-8-18)14-13-21(25)22-20-11-9-19(10-12-20)17(3)24/h4-12,16H,13-15H2,1-3H3,(H,22,25). The highest BCUT2D eigenvalue weighted by molar-refractivity contribution is 5.95. The van der Waals surface area contributed by atoms with Crippen molar-refractivity contribution in [2.45, 2.75) is 39.8 Å². The molecule has 0 saturated carbocycles. The fourth-order valence-electron chi connectivity index (χ4n) is 2.59. The summed E-state index contributed by atoms with van der Waals surface area (Å²) < 4.78 is 0. The maximum Gasteiger partial charge on any atom is 0.225 e. The van der Waals surface area contributed by atoms with E-state index in [4.69, 9.17) is 0 Å². The van der Waals surface area contributed by atoms with E-state index in [1.165, 1.54) is 12.5 Å². The number of benzene rings is 2. The van der Waals surface area contributed by atoms with E-state index in [0.717, 1.165) is 6.54 Å². The monoisotopic (exact) mass is 338 g/mol. The Morgan fingerprint density at radius 1 is 1.00 bits per heavy atom. The minimum atomic E-state index is -0.0192. The summed E-state index contributed by atoms with van der Waals surface area (Å²) in [7, 11) is 0. The molecule has 4 nitrogen and oxygen atoms in total. The summed E-state index contributed by atoms with van der Waals surface area (Å²) in [6.45, 7) is 7.34. The van der Waals surface area contributed by atoms with E-state index in [0.29, 0.717) is 30.3 Å². The highest BCUT2D eigenvalue weighted by atomic mass is 16.1. The summed E-state index contributed by atoms with van der Waals surface area (Å²) in [6, 6.07) is 17.6. The van der Waals surface area contributed by atoms with E-state index in [9.17, 15) is 9.59 Å². The zero-order chi connectivity index (χ0) is 18.2. The molecule has 0 heterocycles. The van der Waals surface area contributed by atoms with Crippen molar-refractivity contribution in [2.24, 2.45) is 0 Å². The van der Waals surface area contributed by atoms with Crippen molar-refractivity contribution in [3.8, 4) is 0 Å². The summed E-state index contributed by atoms with van der Waals surface area (Å²) in [5.74, 6) is 0.000602. The molecule has 0 fully saturated rings. The lowest BCUT2D eigenvalue weighted by molar-refractivity contribution is -0.116. The second kappa shape index (κ2) is 9.14. The van der Waals surface area contributed by atoms with E-state index in [1.54, 1.807) is 24.3 Å². The molecule has 2 aromatic rings. The Bertz CT molecular complexity index is 694. The van der Waals surface area contributed by atoms with Crippen LogP contribution in [0.25, 0.3) is 0 Å². The molecular formula is C21H26N2O2. The summed E-state index contributed by atoms with van der Waals surface area (Å²) >= 11 is 0. The van der Waals surface area contributed by atoms with E-state index < -0.39 is 0 Å². The molecule has 0 aliphatic heterocycles. The van der Waals surface area contributed by atoms with Gasteiger partial charge in [0.2, 0.25) is 5.91 Å². The lowest BCUT2D eigenvalue weighted by atomic mass is 10.1. The van der Waals surface area contributed by atoms with Gasteiger partial charge in [0.1, 0.15) is 0 Å². The number of rotatable bonds is 8. The fourth-order valence-corrected chi connectivity index (χ4v) is 2.59. The molecule has 0 spiro atoms. The molecule has 0 saturated heterocycles. The van der Waals surface area contributed by atoms with Crippen LogP contribution in [0.4, 0.5) is 5.69 Å². The third-order valence-corrected chi connectivity index (χ3v) is 4.16. The summed E-state index contributed by atoms with van der Waals surface area (Å²) in [5.41, 5.74) is 2.61. The summed E-state index contributed by atoms with van der Waals surface area (Å²) in [5, 5.41) is 2.89. The summed E-state index contributed by atoms with van der Waals surface area (Å²) in [4.78, 5) is 25.8. The maximum atomic E-state index is 12.2. The van der Waals surface area contributed by atoms with Gasteiger partial charge in [-0.15, -0.1) is 0 Å². The molecule has 0 aromatic heterocycles. The number of nitrogens with one attached hydrogen (secondary N) is 1. The van der Waals surface area contributed by atoms with Gasteiger partial charge in [0.25, 0.3) is 0 Å². The number of ketones is 1. The molecular weight excluding hydrogens is 312 g/mol. The second-order valence-electron chi connectivity index (χ2n) is 6.48. The zero-order valence-corrected chi connectivity index (χ0v) is 15.2. The van der Waals surface area contributed by atoms with Crippen LogP contribution < -0.4 is 5.32 Å². The molecule has 0 atom stereocenters. The lowest BCUT2D eigenvalue weighted by Gasteiger charge is -2.26. The molecule has 0 aliphatic carbocycles. The van der Waals surface area contributed by atoms with Crippen molar-refractivity contribution in [3.05, 3.63) is 65.7 Å². The zero-order valence-electron chi connectivity index (χ0n) is 15.2. The Labute approximate surface area is 149 Å². The van der Waals surface area contributed by atoms with Crippen molar-refractivity contribution in [2.75, 3.05) is 11.9 Å². The predicted molar refractivity (Wildman–Crippen MR) is 102 cm³/mol. The van der Waals surface area contributed by atoms with Crippen LogP contribution in [0, 0.1) is 0 Å². The third-order valence-electron chi connectivity index (χ3n) is 4.16. The minimum absolute atomic E-state index is 0.0192. The molecule has 2 rings (SSSR count). The van der Waals surface area contributed by atoms with Gasteiger partial charge in [-0.1, -0.05) is 30.3 Å². The Morgan fingerprint density at radius 2 is 1.64 bits per heavy atom. The molecule has 4 heteroatoms. The van der Waals surface area contributed by atoms with Crippen LogP contribution in [-0.2, 0) is 11.3 Å². The van der Waals surface area contributed by atoms with Gasteiger partial charge < -0.3 is 5.32 Å². The molecule has 0 aliphatic rings. The Balaban J connectivity index is 1.87. The van der Waals surface area contributed by atoms with Crippen molar-refractivity contribution in [3.63, 3.8) is 0 Å². The van der Waals surface area contributed by atoms with Gasteiger partial charge in [-0.25, -0.2) is 0 Å². The highest BCUT2D eigenvalue weighted by Gasteiger charge is 2.12. The number of amides is 1. The average Bonchev–Trinajstić information content (AvgIpc) is 2.59. The quantitative estimate of drug-likeness (QED) is 0.736. The first-order chi connectivity index (χ1) is 12.0. The van der Waals surface area contributed by atoms with Gasteiger partial charge in [0.15, 0.2) is 5.78 Å². The minimum Gasteiger partial charge on any atom is -0.326 e. The van der Waals surface area contributed by atoms with Gasteiger partial charge in [-0.2, -0.15) is 0 Å². The molecule has 25 heavy (non-hydrogen) atoms. The molecule has 2 aromatic carbocycles. The molecule has 0 unspecified atom stereocenters. The molecule has 132 valence electrons. The van der Waals surface area contributed by atoms with Crippen molar-refractivity contribution >= 4 is 17.4 Å². The van der Waals surface area contributed by atoms with E-state index in [-0.39, 0.29) is 11.7 Å². The van der Waals surface area contributed by atoms with Gasteiger partial charge in [-0.3, -0.25) is 14.5 Å². The third kappa shape index (κ3) is 6.16. The second-order valence-corrected chi connectivity index (χ2v) is 6.48. The number of nitrogens with zero attached hydrogens (tertiary/aromatic N) is 1. The number of hydrogen-bond acceptors (Lipinski definition) is 3. The largest absolute Gasteiger partial charge is 0.326 e. The van der Waals surface area contributed by atoms with Crippen LogP contribution in [0.15, 0.2) is 54.6 Å². The lowest BCUT2D eigenvalue weighted by Crippen LogP contribution is -2.33. The van der Waals surface area contributed by atoms with Gasteiger partial charge in [0.05, 0.1) is 0 Å². The highest BCUT2D eigenvalue weighted by Crippen LogP contribution is 2.12. The van der Waals surface area contributed by atoms with Crippen LogP contribution in [0.5, 0.6) is 0 Å². The van der Waals surface area contributed by atoms with Crippen LogP contribution in [-0.4, -0.2) is 29.2 Å². The Kier molecular flexibility index (Phi) is 6.90. The van der Waals surface area contributed by atoms with E-state index >= 15 is 0 Å². The van der Waals surface area contributed by atoms with Crippen LogP contribution >= 0.6 is 0 Å². The number of Topliss-reactive ketones (excluding diaryl/α,β-unsaturated/α-hetero) is 1. The molecule has 0 radical (unpaired) electrons. The van der Waals surface area contributed by atoms with Crippen molar-refractivity contribution in [1.29, 1.82) is 0 Å². The molecule has 1 N–H and O–H groups in total. The normalized spacial score (nSPS) is 10.9. The Hall–Kier alpha value is -2.46. The fraction of sp³-hybridized carbons (Fsp3) is 0.333. The smallest absolute Gasteiger partial charge is 0.225 e. The summed E-state index contributed by atoms with van der Waals surface area (Å²) in [6.07, 6.45) is 0.430. The van der Waals surface area contributed by atoms with Crippen molar-refractivity contribution in [1.82, 2.24) is 4.90 Å². The van der Waals surface area contributed by atoms with E-state index in [2.05, 4.69) is 36.2 Å². The molecule has 1 amide bonds. The van der Waals surface area contributed by atoms with Crippen molar-refractivity contribution < 1.29 is 9.59 Å². The predicted octanol–water partition coefficient (Wildman–Crippen LogP) is 4.13. The van der Waals surface area contributed by atoms with Gasteiger partial charge in [-0.05, 0) is 50.6 Å². The Morgan fingerprint density at radius 3 is 2.20 bits per heavy atom. The van der Waals surface area contributed by atoms with Crippen LogP contribution in [0.3, 0.4) is 0 Å².